The van der Waals surface area contributed by atoms with Crippen LogP contribution in [0.1, 0.15) is 12.8 Å². The van der Waals surface area contributed by atoms with Crippen molar-refractivity contribution >= 4 is 74.0 Å². The molecule has 2 radical (unpaired) electrons. The quantitative estimate of drug-likeness (QED) is 0.164. The zero-order valence-corrected chi connectivity index (χ0v) is 28.2. The van der Waals surface area contributed by atoms with Crippen LogP contribution < -0.4 is 5.46 Å². The second kappa shape index (κ2) is 11.6. The Balaban J connectivity index is 1.17. The molecule has 0 saturated carbocycles. The third kappa shape index (κ3) is 4.49. The van der Waals surface area contributed by atoms with Crippen molar-refractivity contribution in [3.8, 4) is 37.7 Å². The van der Waals surface area contributed by atoms with Crippen molar-refractivity contribution in [1.82, 2.24) is 9.13 Å². The number of benzene rings is 6. The van der Waals surface area contributed by atoms with Crippen LogP contribution in [-0.2, 0) is 0 Å². The van der Waals surface area contributed by atoms with E-state index >= 15 is 0 Å². The van der Waals surface area contributed by atoms with E-state index in [4.69, 9.17) is 7.85 Å². The summed E-state index contributed by atoms with van der Waals surface area (Å²) in [6.45, 7) is 0. The van der Waals surface area contributed by atoms with E-state index in [-0.39, 0.29) is 0 Å². The molecule has 3 aromatic heterocycles. The Morgan fingerprint density at radius 2 is 1.02 bits per heavy atom. The van der Waals surface area contributed by atoms with Gasteiger partial charge in [-0.25, -0.2) is 0 Å². The molecule has 4 heteroatoms. The summed E-state index contributed by atoms with van der Waals surface area (Å²) in [6.07, 6.45) is 9.08. The van der Waals surface area contributed by atoms with Gasteiger partial charge in [0.1, 0.15) is 7.85 Å². The molecule has 0 atom stereocenters. The average molecular weight is 655 g/mol. The first kappa shape index (κ1) is 29.1. The number of hydrogen-bond acceptors (Lipinski definition) is 1. The molecule has 0 aliphatic heterocycles. The van der Waals surface area contributed by atoms with Crippen molar-refractivity contribution in [2.24, 2.45) is 0 Å². The Hall–Kier alpha value is -5.84. The molecule has 0 N–H and O–H groups in total. The molecule has 50 heavy (non-hydrogen) atoms. The molecule has 10 rings (SSSR count). The van der Waals surface area contributed by atoms with E-state index in [1.807, 2.05) is 0 Å². The monoisotopic (exact) mass is 654 g/mol. The maximum absolute atomic E-state index is 7.20. The lowest BCUT2D eigenvalue weighted by Crippen LogP contribution is -2.10. The molecular formula is C46H31BN2S. The lowest BCUT2D eigenvalue weighted by atomic mass is 9.87. The highest BCUT2D eigenvalue weighted by Crippen LogP contribution is 2.43. The molecule has 0 fully saturated rings. The van der Waals surface area contributed by atoms with Crippen molar-refractivity contribution < 1.29 is 0 Å². The van der Waals surface area contributed by atoms with Crippen molar-refractivity contribution in [3.63, 3.8) is 0 Å². The molecule has 6 aromatic carbocycles. The Labute approximate surface area is 296 Å². The SMILES string of the molecule is [B]c1c(-n2c3ccccc3c3cc(-c4ccc5c(c4)c4ccccc4n5C4=CCCC=C4)ccc32)sc(-c2ccccc2)c1-c1ccccc1. The fraction of sp³-hybridized carbons (Fsp3) is 0.0435. The van der Waals surface area contributed by atoms with Crippen molar-refractivity contribution in [1.29, 1.82) is 0 Å². The molecule has 0 amide bonds. The molecule has 3 heterocycles. The van der Waals surface area contributed by atoms with Gasteiger partial charge in [-0.2, -0.15) is 0 Å². The van der Waals surface area contributed by atoms with Crippen molar-refractivity contribution in [3.05, 3.63) is 164 Å². The van der Waals surface area contributed by atoms with E-state index in [1.54, 1.807) is 11.3 Å². The van der Waals surface area contributed by atoms with Gasteiger partial charge in [0, 0.05) is 32.1 Å². The summed E-state index contributed by atoms with van der Waals surface area (Å²) >= 11 is 1.76. The van der Waals surface area contributed by atoms with Gasteiger partial charge in [0.15, 0.2) is 0 Å². The van der Waals surface area contributed by atoms with Crippen LogP contribution in [0.5, 0.6) is 0 Å². The number of allylic oxidation sites excluding steroid dienone is 4. The second-order valence-electron chi connectivity index (χ2n) is 13.0. The maximum atomic E-state index is 7.20. The van der Waals surface area contributed by atoms with Crippen LogP contribution in [0.3, 0.4) is 0 Å². The van der Waals surface area contributed by atoms with Crippen LogP contribution in [0.2, 0.25) is 0 Å². The molecule has 2 nitrogen and oxygen atoms in total. The van der Waals surface area contributed by atoms with Crippen LogP contribution in [0.15, 0.2) is 164 Å². The zero-order chi connectivity index (χ0) is 33.2. The highest BCUT2D eigenvalue weighted by atomic mass is 32.1. The van der Waals surface area contributed by atoms with Gasteiger partial charge in [-0.05, 0) is 83.1 Å². The Morgan fingerprint density at radius 1 is 0.480 bits per heavy atom. The van der Waals surface area contributed by atoms with Gasteiger partial charge in [-0.3, -0.25) is 0 Å². The minimum Gasteiger partial charge on any atom is -0.310 e. The van der Waals surface area contributed by atoms with Gasteiger partial charge in [-0.1, -0.05) is 127 Å². The summed E-state index contributed by atoms with van der Waals surface area (Å²) in [6, 6.07) is 52.5. The minimum absolute atomic E-state index is 0.802. The first-order valence-electron chi connectivity index (χ1n) is 17.2. The predicted octanol–water partition coefficient (Wildman–Crippen LogP) is 11.9. The number of aromatic nitrogens is 2. The minimum atomic E-state index is 0.802. The van der Waals surface area contributed by atoms with Crippen molar-refractivity contribution in [2.75, 3.05) is 0 Å². The largest absolute Gasteiger partial charge is 0.310 e. The highest BCUT2D eigenvalue weighted by molar-refractivity contribution is 7.20. The summed E-state index contributed by atoms with van der Waals surface area (Å²) < 4.78 is 4.79. The number of nitrogens with zero attached hydrogens (tertiary/aromatic N) is 2. The van der Waals surface area contributed by atoms with Crippen LogP contribution in [0.25, 0.3) is 87.0 Å². The van der Waals surface area contributed by atoms with Crippen LogP contribution in [0.4, 0.5) is 0 Å². The fourth-order valence-electron chi connectivity index (χ4n) is 7.85. The van der Waals surface area contributed by atoms with Crippen LogP contribution in [0, 0.1) is 0 Å². The molecule has 0 unspecified atom stereocenters. The van der Waals surface area contributed by atoms with Gasteiger partial charge in [0.25, 0.3) is 0 Å². The third-order valence-corrected chi connectivity index (χ3v) is 11.4. The zero-order valence-electron chi connectivity index (χ0n) is 27.4. The predicted molar refractivity (Wildman–Crippen MR) is 216 cm³/mol. The lowest BCUT2D eigenvalue weighted by molar-refractivity contribution is 1.02. The van der Waals surface area contributed by atoms with Gasteiger partial charge in [0.2, 0.25) is 0 Å². The molecule has 1 aliphatic rings. The standard InChI is InChI=1S/C46H31BN2S/c47-44-43(30-14-4-1-5-15-30)45(31-16-6-2-7-17-31)50-46(44)49-40-23-13-11-21-36(40)38-29-33(25-27-42(38)49)32-24-26-41-37(28-32)35-20-10-12-22-39(35)48(41)34-18-8-3-9-19-34/h1-2,4-8,10-29H,3,9H2. The molecule has 0 saturated heterocycles. The molecule has 1 aliphatic carbocycles. The number of fused-ring (bicyclic) bond motifs is 6. The molecule has 234 valence electrons. The second-order valence-corrected chi connectivity index (χ2v) is 14.0. The Kier molecular flexibility index (Phi) is 6.78. The van der Waals surface area contributed by atoms with Gasteiger partial charge in [-0.15, -0.1) is 11.3 Å². The van der Waals surface area contributed by atoms with E-state index in [0.717, 1.165) is 45.5 Å². The van der Waals surface area contributed by atoms with Gasteiger partial charge < -0.3 is 9.13 Å². The molecule has 9 aromatic rings. The van der Waals surface area contributed by atoms with Crippen LogP contribution in [-0.4, -0.2) is 17.0 Å². The van der Waals surface area contributed by atoms with E-state index in [0.29, 0.717) is 0 Å². The third-order valence-electron chi connectivity index (χ3n) is 10.1. The Morgan fingerprint density at radius 3 is 1.64 bits per heavy atom. The number of thiophene rings is 1. The highest BCUT2D eigenvalue weighted by Gasteiger charge is 2.22. The van der Waals surface area contributed by atoms with Gasteiger partial charge >= 0.3 is 0 Å². The Bertz CT molecular complexity index is 2810. The van der Waals surface area contributed by atoms with Crippen molar-refractivity contribution in [2.45, 2.75) is 12.8 Å². The summed E-state index contributed by atoms with van der Waals surface area (Å²) in [5.41, 5.74) is 12.6. The first-order valence-corrected chi connectivity index (χ1v) is 18.0. The summed E-state index contributed by atoms with van der Waals surface area (Å²) in [7, 11) is 7.20. The van der Waals surface area contributed by atoms with E-state index < -0.39 is 0 Å². The van der Waals surface area contributed by atoms with Gasteiger partial charge in [0.05, 0.1) is 27.1 Å². The lowest BCUT2D eigenvalue weighted by Gasteiger charge is -2.12. The normalized spacial score (nSPS) is 13.2. The summed E-state index contributed by atoms with van der Waals surface area (Å²) in [4.78, 5) is 1.18. The maximum Gasteiger partial charge on any atom is 0.118 e. The summed E-state index contributed by atoms with van der Waals surface area (Å²) in [5, 5.41) is 6.02. The number of hydrogen-bond donors (Lipinski definition) is 0. The molecule has 0 bridgehead atoms. The van der Waals surface area contributed by atoms with E-state index in [2.05, 4.69) is 173 Å². The van der Waals surface area contributed by atoms with E-state index in [1.165, 1.54) is 59.8 Å². The topological polar surface area (TPSA) is 9.86 Å². The van der Waals surface area contributed by atoms with E-state index in [9.17, 15) is 0 Å². The first-order chi connectivity index (χ1) is 24.7. The number of para-hydroxylation sites is 2. The smallest absolute Gasteiger partial charge is 0.118 e. The average Bonchev–Trinajstić information content (AvgIpc) is 3.82. The number of rotatable bonds is 5. The fourth-order valence-corrected chi connectivity index (χ4v) is 9.13. The van der Waals surface area contributed by atoms with Crippen LogP contribution >= 0.6 is 11.3 Å². The summed E-state index contributed by atoms with van der Waals surface area (Å²) in [5.74, 6) is 0. The molecule has 0 spiro atoms. The molecular weight excluding hydrogens is 623 g/mol.